The van der Waals surface area contributed by atoms with Gasteiger partial charge in [0.15, 0.2) is 11.0 Å². The SMILES string of the molecule is O=C1/C(=C/c2cccs2)N=C(c2ccccc2)N1C1Nc2cc3c(cc2S1)NC(N1C(=O)/C(=C/c2cccs2)N=C1c1ccccc1)S3. The van der Waals surface area contributed by atoms with Crippen LogP contribution in [0.3, 0.4) is 0 Å². The van der Waals surface area contributed by atoms with Gasteiger partial charge in [0.2, 0.25) is 0 Å². The van der Waals surface area contributed by atoms with Gasteiger partial charge in [0.1, 0.15) is 23.1 Å². The molecule has 12 heteroatoms. The lowest BCUT2D eigenvalue weighted by Gasteiger charge is -2.25. The van der Waals surface area contributed by atoms with Gasteiger partial charge in [-0.1, -0.05) is 96.3 Å². The smallest absolute Gasteiger partial charge is 0.280 e. The molecule has 234 valence electrons. The van der Waals surface area contributed by atoms with Crippen LogP contribution in [-0.4, -0.2) is 44.3 Å². The molecule has 3 aromatic carbocycles. The highest BCUT2D eigenvalue weighted by atomic mass is 32.2. The number of aliphatic imine (C=N–C) groups is 2. The first-order valence-electron chi connectivity index (χ1n) is 15.1. The average Bonchev–Trinajstić information content (AvgIpc) is 3.96. The van der Waals surface area contributed by atoms with Crippen molar-refractivity contribution in [3.8, 4) is 0 Å². The van der Waals surface area contributed by atoms with Crippen LogP contribution >= 0.6 is 46.2 Å². The Hall–Kier alpha value is -4.88. The van der Waals surface area contributed by atoms with E-state index >= 15 is 0 Å². The van der Waals surface area contributed by atoms with Crippen LogP contribution in [0.25, 0.3) is 12.2 Å². The van der Waals surface area contributed by atoms with Gasteiger partial charge in [0.25, 0.3) is 11.8 Å². The number of carbonyl (C=O) groups is 2. The lowest BCUT2D eigenvalue weighted by molar-refractivity contribution is -0.123. The van der Waals surface area contributed by atoms with Crippen molar-refractivity contribution in [3.63, 3.8) is 0 Å². The van der Waals surface area contributed by atoms with E-state index in [1.54, 1.807) is 56.0 Å². The van der Waals surface area contributed by atoms with Crippen LogP contribution in [0.15, 0.2) is 139 Å². The molecule has 4 aliphatic rings. The second-order valence-electron chi connectivity index (χ2n) is 11.1. The molecule has 0 radical (unpaired) electrons. The first-order valence-corrected chi connectivity index (χ1v) is 18.6. The van der Waals surface area contributed by atoms with E-state index in [1.807, 2.05) is 108 Å². The number of amides is 2. The summed E-state index contributed by atoms with van der Waals surface area (Å²) in [5, 5.41) is 11.1. The van der Waals surface area contributed by atoms with E-state index in [-0.39, 0.29) is 22.8 Å². The van der Waals surface area contributed by atoms with Gasteiger partial charge in [-0.05, 0) is 47.2 Å². The van der Waals surface area contributed by atoms with E-state index in [9.17, 15) is 9.59 Å². The Kier molecular flexibility index (Phi) is 7.30. The highest BCUT2D eigenvalue weighted by Crippen LogP contribution is 2.50. The first kappa shape index (κ1) is 29.3. The molecular weight excluding hydrogens is 677 g/mol. The van der Waals surface area contributed by atoms with Crippen LogP contribution in [0.1, 0.15) is 20.9 Å². The van der Waals surface area contributed by atoms with Crippen molar-refractivity contribution in [3.05, 3.63) is 140 Å². The van der Waals surface area contributed by atoms with Gasteiger partial charge in [-0.25, -0.2) is 9.98 Å². The number of amidine groups is 2. The fourth-order valence-corrected chi connectivity index (χ4v) is 9.49. The lowest BCUT2D eigenvalue weighted by Crippen LogP contribution is -2.42. The van der Waals surface area contributed by atoms with Crippen LogP contribution < -0.4 is 10.6 Å². The number of nitrogens with one attached hydrogen (secondary N) is 2. The molecular formula is C36H24N6O2S4. The van der Waals surface area contributed by atoms with Gasteiger partial charge in [0.05, 0.1) is 11.4 Å². The van der Waals surface area contributed by atoms with Crippen molar-refractivity contribution in [2.75, 3.05) is 10.6 Å². The third kappa shape index (κ3) is 5.17. The third-order valence-electron chi connectivity index (χ3n) is 8.08. The number of fused-ring (bicyclic) bond motifs is 2. The largest absolute Gasteiger partial charge is 0.355 e. The van der Waals surface area contributed by atoms with E-state index in [0.717, 1.165) is 42.0 Å². The standard InChI is InChI=1S/C36H24N6O2S4/c43-33-27(17-23-13-7-15-45-23)37-31(21-9-3-1-4-10-21)41(33)35-39-25-19-30-26(20-29(25)47-35)40-36(48-30)42-32(22-11-5-2-6-12-22)38-28(34(42)44)18-24-14-8-16-46-24/h1-20,35-36,39-40H/b27-17-,28-18-. The molecule has 2 amide bonds. The summed E-state index contributed by atoms with van der Waals surface area (Å²) >= 11 is 6.29. The molecule has 2 N–H and O–H groups in total. The average molecular weight is 701 g/mol. The molecule has 0 saturated carbocycles. The van der Waals surface area contributed by atoms with Crippen LogP contribution in [0.5, 0.6) is 0 Å². The van der Waals surface area contributed by atoms with Gasteiger partial charge >= 0.3 is 0 Å². The van der Waals surface area contributed by atoms with Crippen LogP contribution in [0.2, 0.25) is 0 Å². The number of nitrogens with zero attached hydrogens (tertiary/aromatic N) is 4. The maximum Gasteiger partial charge on any atom is 0.280 e. The fourth-order valence-electron chi connectivity index (χ4n) is 5.87. The van der Waals surface area contributed by atoms with Crippen LogP contribution in [0.4, 0.5) is 11.4 Å². The molecule has 9 rings (SSSR count). The van der Waals surface area contributed by atoms with Gasteiger partial charge in [-0.15, -0.1) is 22.7 Å². The first-order chi connectivity index (χ1) is 23.6. The van der Waals surface area contributed by atoms with E-state index < -0.39 is 0 Å². The molecule has 0 saturated heterocycles. The zero-order chi connectivity index (χ0) is 32.2. The molecule has 2 aromatic heterocycles. The number of rotatable bonds is 6. The minimum atomic E-state index is -0.383. The Morgan fingerprint density at radius 2 is 1.02 bits per heavy atom. The molecule has 2 atom stereocenters. The molecule has 0 spiro atoms. The topological polar surface area (TPSA) is 89.4 Å². The van der Waals surface area contributed by atoms with Crippen molar-refractivity contribution < 1.29 is 9.59 Å². The van der Waals surface area contributed by atoms with E-state index in [2.05, 4.69) is 22.8 Å². The molecule has 5 aromatic rings. The molecule has 48 heavy (non-hydrogen) atoms. The molecule has 6 heterocycles. The van der Waals surface area contributed by atoms with Crippen LogP contribution in [-0.2, 0) is 9.59 Å². The second kappa shape index (κ2) is 12.0. The third-order valence-corrected chi connectivity index (χ3v) is 12.0. The molecule has 0 bridgehead atoms. The van der Waals surface area contributed by atoms with Crippen molar-refractivity contribution in [1.29, 1.82) is 0 Å². The molecule has 8 nitrogen and oxygen atoms in total. The summed E-state index contributed by atoms with van der Waals surface area (Å²) < 4.78 is 0. The lowest BCUT2D eigenvalue weighted by atomic mass is 10.2. The highest BCUT2D eigenvalue weighted by molar-refractivity contribution is 8.01. The Morgan fingerprint density at radius 3 is 1.42 bits per heavy atom. The zero-order valence-electron chi connectivity index (χ0n) is 24.9. The summed E-state index contributed by atoms with van der Waals surface area (Å²) in [4.78, 5) is 44.9. The summed E-state index contributed by atoms with van der Waals surface area (Å²) in [6.45, 7) is 0. The summed E-state index contributed by atoms with van der Waals surface area (Å²) in [5.41, 5.74) is 3.67. The minimum absolute atomic E-state index is 0.146. The maximum absolute atomic E-state index is 13.9. The second-order valence-corrected chi connectivity index (χ2v) is 15.3. The summed E-state index contributed by atoms with van der Waals surface area (Å²) in [7, 11) is 0. The minimum Gasteiger partial charge on any atom is -0.355 e. The Labute approximate surface area is 292 Å². The molecule has 4 aliphatic heterocycles. The van der Waals surface area contributed by atoms with Gasteiger partial charge in [-0.3, -0.25) is 19.4 Å². The summed E-state index contributed by atoms with van der Waals surface area (Å²) in [6.07, 6.45) is 3.71. The number of thiophene rings is 2. The van der Waals surface area contributed by atoms with Gasteiger partial charge in [-0.2, -0.15) is 0 Å². The molecule has 0 aliphatic carbocycles. The monoisotopic (exact) mass is 700 g/mol. The Bertz CT molecular complexity index is 2010. The Morgan fingerprint density at radius 1 is 0.583 bits per heavy atom. The van der Waals surface area contributed by atoms with E-state index in [1.165, 1.54) is 0 Å². The van der Waals surface area contributed by atoms with Crippen molar-refractivity contribution in [2.24, 2.45) is 9.98 Å². The van der Waals surface area contributed by atoms with Gasteiger partial charge in [0, 0.05) is 30.7 Å². The number of thioether (sulfide) groups is 2. The summed E-state index contributed by atoms with van der Waals surface area (Å²) in [5.74, 6) is 0.944. The van der Waals surface area contributed by atoms with Crippen molar-refractivity contribution in [1.82, 2.24) is 9.80 Å². The quantitative estimate of drug-likeness (QED) is 0.174. The number of hydrogen-bond donors (Lipinski definition) is 2. The number of anilines is 2. The Balaban J connectivity index is 0.989. The van der Waals surface area contributed by atoms with Crippen LogP contribution in [0, 0.1) is 0 Å². The number of benzene rings is 3. The van der Waals surface area contributed by atoms with Gasteiger partial charge < -0.3 is 10.6 Å². The fraction of sp³-hybridized carbons (Fsp3) is 0.0556. The predicted octanol–water partition coefficient (Wildman–Crippen LogP) is 8.07. The van der Waals surface area contributed by atoms with Crippen molar-refractivity contribution in [2.45, 2.75) is 20.8 Å². The van der Waals surface area contributed by atoms with E-state index in [0.29, 0.717) is 23.1 Å². The zero-order valence-corrected chi connectivity index (χ0v) is 28.2. The normalized spacial score (nSPS) is 21.4. The van der Waals surface area contributed by atoms with Crippen molar-refractivity contribution >= 4 is 93.2 Å². The summed E-state index contributed by atoms with van der Waals surface area (Å²) in [6, 6.07) is 31.7. The molecule has 2 unspecified atom stereocenters. The predicted molar refractivity (Wildman–Crippen MR) is 197 cm³/mol. The molecule has 0 fully saturated rings. The van der Waals surface area contributed by atoms with E-state index in [4.69, 9.17) is 9.98 Å². The highest BCUT2D eigenvalue weighted by Gasteiger charge is 2.43. The number of carbonyl (C=O) groups excluding carboxylic acids is 2. The maximum atomic E-state index is 13.9. The number of hydrogen-bond acceptors (Lipinski definition) is 10.